The van der Waals surface area contributed by atoms with Gasteiger partial charge in [0, 0.05) is 4.90 Å². The highest BCUT2D eigenvalue weighted by Gasteiger charge is 2.36. The van der Waals surface area contributed by atoms with Crippen molar-refractivity contribution in [3.63, 3.8) is 0 Å². The van der Waals surface area contributed by atoms with Gasteiger partial charge >= 0.3 is 5.97 Å². The minimum absolute atomic E-state index is 0.593. The molecule has 0 radical (unpaired) electrons. The van der Waals surface area contributed by atoms with Crippen molar-refractivity contribution in [3.8, 4) is 0 Å². The second kappa shape index (κ2) is 7.01. The van der Waals surface area contributed by atoms with E-state index in [0.717, 1.165) is 16.9 Å². The SMILES string of the molecule is CC(C)Cc1ccc(C(C)(Sc2ccccc2)C(=O)O)cc1. The third kappa shape index (κ3) is 3.92. The molecule has 1 N–H and O–H groups in total. The van der Waals surface area contributed by atoms with Crippen molar-refractivity contribution in [1.82, 2.24) is 0 Å². The molecular weight excluding hydrogens is 292 g/mol. The van der Waals surface area contributed by atoms with Gasteiger partial charge < -0.3 is 5.11 Å². The molecular formula is C19H22O2S. The van der Waals surface area contributed by atoms with Gasteiger partial charge in [-0.25, -0.2) is 0 Å². The first-order valence-corrected chi connectivity index (χ1v) is 8.30. The molecule has 0 saturated carbocycles. The molecule has 0 amide bonds. The molecule has 0 bridgehead atoms. The summed E-state index contributed by atoms with van der Waals surface area (Å²) in [4.78, 5) is 12.8. The number of benzene rings is 2. The maximum absolute atomic E-state index is 11.9. The number of carbonyl (C=O) groups is 1. The van der Waals surface area contributed by atoms with E-state index in [1.807, 2.05) is 54.6 Å². The summed E-state index contributed by atoms with van der Waals surface area (Å²) < 4.78 is -0.988. The zero-order chi connectivity index (χ0) is 16.2. The summed E-state index contributed by atoms with van der Waals surface area (Å²) in [7, 11) is 0. The van der Waals surface area contributed by atoms with E-state index >= 15 is 0 Å². The molecule has 0 fully saturated rings. The Bertz CT molecular complexity index is 620. The first-order valence-electron chi connectivity index (χ1n) is 7.48. The Hall–Kier alpha value is -1.74. The molecule has 2 aromatic rings. The molecule has 0 aliphatic carbocycles. The van der Waals surface area contributed by atoms with E-state index in [4.69, 9.17) is 0 Å². The summed E-state index contributed by atoms with van der Waals surface area (Å²) in [5.74, 6) is -0.228. The fraction of sp³-hybridized carbons (Fsp3) is 0.316. The molecule has 1 unspecified atom stereocenters. The van der Waals surface area contributed by atoms with Crippen LogP contribution in [0.15, 0.2) is 59.5 Å². The fourth-order valence-electron chi connectivity index (χ4n) is 2.38. The zero-order valence-corrected chi connectivity index (χ0v) is 14.1. The van der Waals surface area contributed by atoms with Gasteiger partial charge in [0.25, 0.3) is 0 Å². The topological polar surface area (TPSA) is 37.3 Å². The lowest BCUT2D eigenvalue weighted by molar-refractivity contribution is -0.139. The van der Waals surface area contributed by atoms with Crippen LogP contribution in [0.25, 0.3) is 0 Å². The van der Waals surface area contributed by atoms with Gasteiger partial charge in [-0.05, 0) is 42.5 Å². The normalized spacial score (nSPS) is 13.8. The highest BCUT2D eigenvalue weighted by Crippen LogP contribution is 2.41. The van der Waals surface area contributed by atoms with Gasteiger partial charge in [-0.2, -0.15) is 0 Å². The minimum Gasteiger partial charge on any atom is -0.480 e. The van der Waals surface area contributed by atoms with Crippen LogP contribution in [-0.4, -0.2) is 11.1 Å². The third-order valence-electron chi connectivity index (χ3n) is 3.62. The molecule has 0 saturated heterocycles. The van der Waals surface area contributed by atoms with Crippen molar-refractivity contribution >= 4 is 17.7 Å². The maximum Gasteiger partial charge on any atom is 0.324 e. The summed E-state index contributed by atoms with van der Waals surface area (Å²) in [6, 6.07) is 17.7. The first kappa shape index (κ1) is 16.6. The van der Waals surface area contributed by atoms with E-state index in [9.17, 15) is 9.90 Å². The van der Waals surface area contributed by atoms with E-state index < -0.39 is 10.7 Å². The smallest absolute Gasteiger partial charge is 0.324 e. The van der Waals surface area contributed by atoms with Crippen molar-refractivity contribution in [1.29, 1.82) is 0 Å². The summed E-state index contributed by atoms with van der Waals surface area (Å²) in [5.41, 5.74) is 2.07. The average molecular weight is 314 g/mol. The standard InChI is InChI=1S/C19H22O2S/c1-14(2)13-15-9-11-16(12-10-15)19(3,18(20)21)22-17-7-5-4-6-8-17/h4-12,14H,13H2,1-3H3,(H,20,21). The lowest BCUT2D eigenvalue weighted by atomic mass is 9.96. The first-order chi connectivity index (χ1) is 10.4. The van der Waals surface area contributed by atoms with Crippen LogP contribution in [-0.2, 0) is 16.0 Å². The molecule has 0 spiro atoms. The number of carboxylic acids is 1. The van der Waals surface area contributed by atoms with Gasteiger partial charge in [-0.1, -0.05) is 56.3 Å². The van der Waals surface area contributed by atoms with Crippen molar-refractivity contribution in [2.45, 2.75) is 36.8 Å². The summed E-state index contributed by atoms with van der Waals surface area (Å²) >= 11 is 1.37. The number of carboxylic acid groups (broad SMARTS) is 1. The summed E-state index contributed by atoms with van der Waals surface area (Å²) in [6.07, 6.45) is 1.01. The fourth-order valence-corrected chi connectivity index (χ4v) is 3.49. The van der Waals surface area contributed by atoms with Crippen molar-refractivity contribution in [2.24, 2.45) is 5.92 Å². The Morgan fingerprint density at radius 3 is 2.18 bits per heavy atom. The van der Waals surface area contributed by atoms with Crippen molar-refractivity contribution in [2.75, 3.05) is 0 Å². The largest absolute Gasteiger partial charge is 0.480 e. The Kier molecular flexibility index (Phi) is 5.30. The molecule has 1 atom stereocenters. The third-order valence-corrected chi connectivity index (χ3v) is 4.95. The van der Waals surface area contributed by atoms with E-state index in [-0.39, 0.29) is 0 Å². The Morgan fingerprint density at radius 2 is 1.68 bits per heavy atom. The molecule has 2 rings (SSSR count). The van der Waals surface area contributed by atoms with Gasteiger partial charge in [0.2, 0.25) is 0 Å². The molecule has 0 aliphatic rings. The lowest BCUT2D eigenvalue weighted by Gasteiger charge is -2.25. The Labute approximate surface area is 136 Å². The lowest BCUT2D eigenvalue weighted by Crippen LogP contribution is -2.28. The van der Waals surface area contributed by atoms with E-state index in [0.29, 0.717) is 5.92 Å². The second-order valence-electron chi connectivity index (χ2n) is 6.05. The van der Waals surface area contributed by atoms with E-state index in [2.05, 4.69) is 13.8 Å². The van der Waals surface area contributed by atoms with Crippen LogP contribution in [0.2, 0.25) is 0 Å². The molecule has 0 aromatic heterocycles. The summed E-state index contributed by atoms with van der Waals surface area (Å²) in [6.45, 7) is 6.13. The second-order valence-corrected chi connectivity index (χ2v) is 7.54. The van der Waals surface area contributed by atoms with Crippen LogP contribution < -0.4 is 0 Å². The highest BCUT2D eigenvalue weighted by molar-refractivity contribution is 8.01. The highest BCUT2D eigenvalue weighted by atomic mass is 32.2. The van der Waals surface area contributed by atoms with Crippen molar-refractivity contribution < 1.29 is 9.90 Å². The van der Waals surface area contributed by atoms with E-state index in [1.165, 1.54) is 17.3 Å². The van der Waals surface area contributed by atoms with Gasteiger partial charge in [-0.15, -0.1) is 11.8 Å². The number of hydrogen-bond donors (Lipinski definition) is 1. The van der Waals surface area contributed by atoms with Crippen LogP contribution in [0.5, 0.6) is 0 Å². The Morgan fingerprint density at radius 1 is 1.09 bits per heavy atom. The molecule has 116 valence electrons. The molecule has 0 aliphatic heterocycles. The van der Waals surface area contributed by atoms with Crippen LogP contribution in [0.3, 0.4) is 0 Å². The van der Waals surface area contributed by atoms with Gasteiger partial charge in [0.1, 0.15) is 4.75 Å². The average Bonchev–Trinajstić information content (AvgIpc) is 2.48. The molecule has 0 heterocycles. The summed E-state index contributed by atoms with van der Waals surface area (Å²) in [5, 5.41) is 9.74. The monoisotopic (exact) mass is 314 g/mol. The van der Waals surface area contributed by atoms with Crippen LogP contribution in [0.4, 0.5) is 0 Å². The zero-order valence-electron chi connectivity index (χ0n) is 13.2. The molecule has 2 aromatic carbocycles. The van der Waals surface area contributed by atoms with Gasteiger partial charge in [0.15, 0.2) is 0 Å². The minimum atomic E-state index is -0.988. The number of rotatable bonds is 6. The van der Waals surface area contributed by atoms with E-state index in [1.54, 1.807) is 6.92 Å². The quantitative estimate of drug-likeness (QED) is 0.764. The maximum atomic E-state index is 11.9. The predicted octanol–water partition coefficient (Wildman–Crippen LogP) is 4.98. The Balaban J connectivity index is 2.29. The number of aliphatic carboxylic acids is 1. The van der Waals surface area contributed by atoms with Crippen LogP contribution >= 0.6 is 11.8 Å². The van der Waals surface area contributed by atoms with Crippen LogP contribution in [0.1, 0.15) is 31.9 Å². The van der Waals surface area contributed by atoms with Crippen LogP contribution in [0, 0.1) is 5.92 Å². The molecule has 3 heteroatoms. The van der Waals surface area contributed by atoms with Gasteiger partial charge in [0.05, 0.1) is 0 Å². The van der Waals surface area contributed by atoms with Gasteiger partial charge in [-0.3, -0.25) is 4.79 Å². The van der Waals surface area contributed by atoms with Crippen molar-refractivity contribution in [3.05, 3.63) is 65.7 Å². The molecule has 2 nitrogen and oxygen atoms in total. The number of thioether (sulfide) groups is 1. The number of hydrogen-bond acceptors (Lipinski definition) is 2. The molecule has 22 heavy (non-hydrogen) atoms. The predicted molar refractivity (Wildman–Crippen MR) is 92.3 cm³/mol.